The molecule has 0 spiro atoms. The van der Waals surface area contributed by atoms with Crippen molar-refractivity contribution in [3.8, 4) is 17.2 Å². The molecule has 2 heterocycles. The minimum Gasteiger partial charge on any atom is -0.450 e. The van der Waals surface area contributed by atoms with E-state index in [0.717, 1.165) is 82.0 Å². The van der Waals surface area contributed by atoms with E-state index in [2.05, 4.69) is 192 Å². The zero-order chi connectivity index (χ0) is 37.2. The summed E-state index contributed by atoms with van der Waals surface area (Å²) in [5.41, 5.74) is 10.3. The van der Waals surface area contributed by atoms with Crippen LogP contribution >= 0.6 is 15.9 Å². The second-order valence-corrected chi connectivity index (χ2v) is 16.0. The number of ether oxygens (including phenoxy) is 2. The third-order valence-electron chi connectivity index (χ3n) is 10.5. The maximum absolute atomic E-state index is 7.85. The Morgan fingerprint density at radius 3 is 1.80 bits per heavy atom. The summed E-state index contributed by atoms with van der Waals surface area (Å²) in [5, 5.41) is 2.44. The van der Waals surface area contributed by atoms with Crippen molar-refractivity contribution < 1.29 is 9.47 Å². The van der Waals surface area contributed by atoms with Gasteiger partial charge in [0.2, 0.25) is 0 Å². The van der Waals surface area contributed by atoms with E-state index in [0.29, 0.717) is 12.8 Å². The number of rotatable bonds is 8. The van der Waals surface area contributed by atoms with Gasteiger partial charge in [0.05, 0.1) is 34.0 Å². The fraction of sp³-hybridized carbons (Fsp3) is 0.250. The number of hydrogen-bond acceptors (Lipinski definition) is 4. The van der Waals surface area contributed by atoms with Gasteiger partial charge in [-0.05, 0) is 102 Å². The summed E-state index contributed by atoms with van der Waals surface area (Å²) in [4.78, 5) is 4.85. The molecule has 0 radical (unpaired) electrons. The van der Waals surface area contributed by atoms with Crippen LogP contribution in [-0.2, 0) is 25.8 Å². The molecule has 54 heavy (non-hydrogen) atoms. The van der Waals surface area contributed by atoms with E-state index < -0.39 is 5.79 Å². The lowest BCUT2D eigenvalue weighted by atomic mass is 9.96. The van der Waals surface area contributed by atoms with E-state index >= 15 is 0 Å². The van der Waals surface area contributed by atoms with Gasteiger partial charge in [-0.1, -0.05) is 109 Å². The second-order valence-electron chi connectivity index (χ2n) is 15.1. The first-order valence-corrected chi connectivity index (χ1v) is 19.8. The molecule has 0 N–H and O–H groups in total. The molecule has 0 atom stereocenters. The highest BCUT2D eigenvalue weighted by Gasteiger charge is 2.40. The fourth-order valence-electron chi connectivity index (χ4n) is 8.06. The lowest BCUT2D eigenvalue weighted by Gasteiger charge is -2.37. The molecule has 1 aliphatic rings. The Labute approximate surface area is 327 Å². The molecule has 1 aromatic heterocycles. The Morgan fingerprint density at radius 2 is 1.19 bits per heavy atom. The third kappa shape index (κ3) is 7.56. The molecular weight excluding hydrogens is 730 g/mol. The molecule has 0 bridgehead atoms. The standard InChI is InChI=1S/C48H48BrN3O2/c1-34-27-38-23-24-51(26-25-50(3)4)33-39-28-35(2)30-45(52-43-21-13-11-19-40(43)41-20-12-14-22-44(41)52)47(39)54-48(53-46(38)42(49)29-34,31-36-15-7-5-8-16-36)32-37-17-9-6-10-18-37/h5-22,27-30H,23-26,31-33H2,1-4H3. The zero-order valence-corrected chi connectivity index (χ0v) is 33.3. The highest BCUT2D eigenvalue weighted by atomic mass is 79.9. The summed E-state index contributed by atoms with van der Waals surface area (Å²) < 4.78 is 18.8. The minimum absolute atomic E-state index is 0.534. The topological polar surface area (TPSA) is 29.9 Å². The van der Waals surface area contributed by atoms with Crippen LogP contribution in [0.1, 0.15) is 33.4 Å². The first-order valence-electron chi connectivity index (χ1n) is 19.0. The van der Waals surface area contributed by atoms with Crippen molar-refractivity contribution in [3.05, 3.63) is 171 Å². The van der Waals surface area contributed by atoms with Crippen LogP contribution in [0.25, 0.3) is 27.5 Å². The van der Waals surface area contributed by atoms with Crippen molar-refractivity contribution in [2.45, 2.75) is 45.4 Å². The number of para-hydroxylation sites is 2. The van der Waals surface area contributed by atoms with Crippen molar-refractivity contribution in [2.75, 3.05) is 33.7 Å². The van der Waals surface area contributed by atoms with Crippen LogP contribution < -0.4 is 9.47 Å². The zero-order valence-electron chi connectivity index (χ0n) is 31.7. The maximum Gasteiger partial charge on any atom is 0.259 e. The van der Waals surface area contributed by atoms with Crippen LogP contribution in [0.4, 0.5) is 0 Å². The van der Waals surface area contributed by atoms with Gasteiger partial charge >= 0.3 is 0 Å². The molecule has 0 unspecified atom stereocenters. The molecular formula is C48H48BrN3O2. The van der Waals surface area contributed by atoms with Crippen LogP contribution in [0, 0.1) is 13.8 Å². The van der Waals surface area contributed by atoms with Gasteiger partial charge in [0.25, 0.3) is 5.79 Å². The Balaban J connectivity index is 1.43. The Kier molecular flexibility index (Phi) is 10.3. The number of hydrogen-bond donors (Lipinski definition) is 0. The van der Waals surface area contributed by atoms with Crippen LogP contribution in [-0.4, -0.2) is 53.9 Å². The predicted octanol–water partition coefficient (Wildman–Crippen LogP) is 10.7. The number of benzene rings is 6. The maximum atomic E-state index is 7.85. The average Bonchev–Trinajstić information content (AvgIpc) is 3.49. The minimum atomic E-state index is -1.12. The molecule has 6 heteroatoms. The highest BCUT2D eigenvalue weighted by Crippen LogP contribution is 2.43. The molecule has 274 valence electrons. The number of halogens is 1. The highest BCUT2D eigenvalue weighted by molar-refractivity contribution is 9.10. The Hall–Kier alpha value is -4.88. The van der Waals surface area contributed by atoms with E-state index in [9.17, 15) is 0 Å². The first kappa shape index (κ1) is 36.1. The fourth-order valence-corrected chi connectivity index (χ4v) is 8.75. The summed E-state index contributed by atoms with van der Waals surface area (Å²) >= 11 is 3.98. The molecule has 0 aliphatic carbocycles. The van der Waals surface area contributed by atoms with Crippen molar-refractivity contribution in [1.82, 2.24) is 14.4 Å². The van der Waals surface area contributed by atoms with Crippen LogP contribution in [0.5, 0.6) is 11.5 Å². The number of fused-ring (bicyclic) bond motifs is 5. The molecule has 0 fully saturated rings. The summed E-state index contributed by atoms with van der Waals surface area (Å²) in [6.07, 6.45) is 1.91. The average molecular weight is 779 g/mol. The van der Waals surface area contributed by atoms with E-state index in [-0.39, 0.29) is 0 Å². The van der Waals surface area contributed by atoms with Gasteiger partial charge in [-0.25, -0.2) is 0 Å². The number of aryl methyl sites for hydroxylation is 2. The van der Waals surface area contributed by atoms with Crippen LogP contribution in [0.15, 0.2) is 138 Å². The van der Waals surface area contributed by atoms with E-state index in [1.165, 1.54) is 27.5 Å². The van der Waals surface area contributed by atoms with Crippen molar-refractivity contribution in [3.63, 3.8) is 0 Å². The molecule has 7 aromatic rings. The number of aromatic nitrogens is 1. The smallest absolute Gasteiger partial charge is 0.259 e. The quantitative estimate of drug-likeness (QED) is 0.154. The first-order chi connectivity index (χ1) is 26.2. The molecule has 0 saturated carbocycles. The van der Waals surface area contributed by atoms with Gasteiger partial charge in [-0.15, -0.1) is 0 Å². The predicted molar refractivity (Wildman–Crippen MR) is 226 cm³/mol. The van der Waals surface area contributed by atoms with Gasteiger partial charge in [-0.3, -0.25) is 4.90 Å². The second kappa shape index (κ2) is 15.5. The van der Waals surface area contributed by atoms with Gasteiger partial charge < -0.3 is 18.9 Å². The number of nitrogens with zero attached hydrogens (tertiary/aromatic N) is 3. The summed E-state index contributed by atoms with van der Waals surface area (Å²) in [6, 6.07) is 47.8. The molecule has 1 aliphatic heterocycles. The van der Waals surface area contributed by atoms with Gasteiger partial charge in [0, 0.05) is 42.5 Å². The summed E-state index contributed by atoms with van der Waals surface area (Å²) in [6.45, 7) is 7.86. The van der Waals surface area contributed by atoms with Gasteiger partial charge in [-0.2, -0.15) is 0 Å². The van der Waals surface area contributed by atoms with E-state index in [1.807, 2.05) is 0 Å². The number of likely N-dealkylation sites (N-methyl/N-ethyl adjacent to an activating group) is 1. The monoisotopic (exact) mass is 777 g/mol. The molecule has 5 nitrogen and oxygen atoms in total. The van der Waals surface area contributed by atoms with E-state index in [1.54, 1.807) is 0 Å². The summed E-state index contributed by atoms with van der Waals surface area (Å²) in [7, 11) is 4.30. The van der Waals surface area contributed by atoms with Gasteiger partial charge in [0.15, 0.2) is 5.75 Å². The van der Waals surface area contributed by atoms with Crippen LogP contribution in [0.2, 0.25) is 0 Å². The molecule has 6 aromatic carbocycles. The Bertz CT molecular complexity index is 2310. The normalized spacial score (nSPS) is 14.6. The van der Waals surface area contributed by atoms with Crippen molar-refractivity contribution >= 4 is 37.7 Å². The SMILES string of the molecule is Cc1cc(Br)c2c(c1)CCN(CCN(C)C)Cc1cc(C)cc(-n3c4ccccc4c4ccccc43)c1OC(Cc1ccccc1)(Cc1ccccc1)O2. The van der Waals surface area contributed by atoms with Crippen molar-refractivity contribution in [1.29, 1.82) is 0 Å². The van der Waals surface area contributed by atoms with E-state index in [4.69, 9.17) is 9.47 Å². The Morgan fingerprint density at radius 1 is 0.648 bits per heavy atom. The lowest BCUT2D eigenvalue weighted by molar-refractivity contribution is -0.113. The van der Waals surface area contributed by atoms with Gasteiger partial charge in [0.1, 0.15) is 5.75 Å². The van der Waals surface area contributed by atoms with Crippen molar-refractivity contribution in [2.24, 2.45) is 0 Å². The molecule has 8 rings (SSSR count). The molecule has 0 amide bonds. The largest absolute Gasteiger partial charge is 0.450 e. The summed E-state index contributed by atoms with van der Waals surface area (Å²) in [5.74, 6) is 0.570. The lowest BCUT2D eigenvalue weighted by Crippen LogP contribution is -2.47. The van der Waals surface area contributed by atoms with Crippen LogP contribution in [0.3, 0.4) is 0 Å². The molecule has 0 saturated heterocycles. The third-order valence-corrected chi connectivity index (χ3v) is 11.1.